The number of benzene rings is 1. The standard InChI is InChI=1S/C16H21NO3/c1-2-20-14-8-6-13(7-9-14)15(18)17-12-16(19)10-4-3-5-11-16/h4,6-10,19H,2-3,5,11-12H2,1H3,(H,17,18). The van der Waals surface area contributed by atoms with Crippen molar-refractivity contribution in [2.75, 3.05) is 13.2 Å². The lowest BCUT2D eigenvalue weighted by Gasteiger charge is -2.27. The summed E-state index contributed by atoms with van der Waals surface area (Å²) in [4.78, 5) is 12.0. The molecule has 0 radical (unpaired) electrons. The molecule has 0 saturated heterocycles. The van der Waals surface area contributed by atoms with Crippen molar-refractivity contribution in [3.63, 3.8) is 0 Å². The zero-order valence-electron chi connectivity index (χ0n) is 11.8. The smallest absolute Gasteiger partial charge is 0.251 e. The van der Waals surface area contributed by atoms with Crippen LogP contribution in [-0.2, 0) is 0 Å². The highest BCUT2D eigenvalue weighted by Gasteiger charge is 2.25. The van der Waals surface area contributed by atoms with E-state index in [1.165, 1.54) is 0 Å². The van der Waals surface area contributed by atoms with Crippen LogP contribution in [0.5, 0.6) is 5.75 Å². The largest absolute Gasteiger partial charge is 0.494 e. The van der Waals surface area contributed by atoms with E-state index < -0.39 is 5.60 Å². The minimum absolute atomic E-state index is 0.180. The van der Waals surface area contributed by atoms with Gasteiger partial charge in [0, 0.05) is 5.56 Å². The second-order valence-electron chi connectivity index (χ2n) is 5.04. The van der Waals surface area contributed by atoms with Gasteiger partial charge in [-0.15, -0.1) is 0 Å². The third-order valence-corrected chi connectivity index (χ3v) is 3.39. The molecule has 0 saturated carbocycles. The van der Waals surface area contributed by atoms with E-state index in [0.717, 1.165) is 18.6 Å². The quantitative estimate of drug-likeness (QED) is 0.811. The van der Waals surface area contributed by atoms with Crippen molar-refractivity contribution in [2.24, 2.45) is 0 Å². The Bertz CT molecular complexity index is 481. The van der Waals surface area contributed by atoms with Gasteiger partial charge in [0.25, 0.3) is 5.91 Å². The highest BCUT2D eigenvalue weighted by Crippen LogP contribution is 2.21. The summed E-state index contributed by atoms with van der Waals surface area (Å²) in [6, 6.07) is 6.99. The SMILES string of the molecule is CCOc1ccc(C(=O)NCC2(O)C=CCCC2)cc1. The lowest BCUT2D eigenvalue weighted by molar-refractivity contribution is 0.0660. The first-order valence-electron chi connectivity index (χ1n) is 7.04. The molecule has 2 rings (SSSR count). The van der Waals surface area contributed by atoms with E-state index in [2.05, 4.69) is 5.32 Å². The maximum absolute atomic E-state index is 12.0. The zero-order chi connectivity index (χ0) is 14.4. The molecule has 0 heterocycles. The van der Waals surface area contributed by atoms with Crippen molar-refractivity contribution in [1.82, 2.24) is 5.32 Å². The molecule has 1 unspecified atom stereocenters. The Morgan fingerprint density at radius 2 is 2.15 bits per heavy atom. The average molecular weight is 275 g/mol. The molecule has 4 nitrogen and oxygen atoms in total. The minimum Gasteiger partial charge on any atom is -0.494 e. The van der Waals surface area contributed by atoms with Crippen molar-refractivity contribution in [2.45, 2.75) is 31.8 Å². The summed E-state index contributed by atoms with van der Waals surface area (Å²) < 4.78 is 5.33. The van der Waals surface area contributed by atoms with Crippen LogP contribution in [0.4, 0.5) is 0 Å². The number of nitrogens with one attached hydrogen (secondary N) is 1. The fourth-order valence-corrected chi connectivity index (χ4v) is 2.26. The van der Waals surface area contributed by atoms with Crippen LogP contribution < -0.4 is 10.1 Å². The van der Waals surface area contributed by atoms with E-state index in [0.29, 0.717) is 18.6 Å². The molecule has 4 heteroatoms. The lowest BCUT2D eigenvalue weighted by atomic mass is 9.91. The van der Waals surface area contributed by atoms with E-state index in [1.807, 2.05) is 13.0 Å². The Morgan fingerprint density at radius 1 is 1.40 bits per heavy atom. The number of ether oxygens (including phenoxy) is 1. The third kappa shape index (κ3) is 3.84. The molecular weight excluding hydrogens is 254 g/mol. The Morgan fingerprint density at radius 3 is 2.75 bits per heavy atom. The first-order valence-corrected chi connectivity index (χ1v) is 7.04. The summed E-state index contributed by atoms with van der Waals surface area (Å²) >= 11 is 0. The van der Waals surface area contributed by atoms with E-state index in [4.69, 9.17) is 4.74 Å². The minimum atomic E-state index is -0.904. The van der Waals surface area contributed by atoms with Gasteiger partial charge in [-0.1, -0.05) is 12.2 Å². The van der Waals surface area contributed by atoms with Crippen LogP contribution in [0.3, 0.4) is 0 Å². The number of hydrogen-bond donors (Lipinski definition) is 2. The van der Waals surface area contributed by atoms with Crippen LogP contribution in [-0.4, -0.2) is 29.8 Å². The molecule has 0 aromatic heterocycles. The van der Waals surface area contributed by atoms with Crippen LogP contribution in [0.15, 0.2) is 36.4 Å². The van der Waals surface area contributed by atoms with Crippen LogP contribution in [0.2, 0.25) is 0 Å². The van der Waals surface area contributed by atoms with Crippen LogP contribution in [0.25, 0.3) is 0 Å². The molecule has 108 valence electrons. The molecule has 0 aliphatic heterocycles. The van der Waals surface area contributed by atoms with Crippen molar-refractivity contribution < 1.29 is 14.6 Å². The Kier molecular flexibility index (Phi) is 4.79. The van der Waals surface area contributed by atoms with Crippen LogP contribution in [0.1, 0.15) is 36.5 Å². The number of rotatable bonds is 5. The molecule has 0 spiro atoms. The maximum atomic E-state index is 12.0. The fourth-order valence-electron chi connectivity index (χ4n) is 2.26. The molecule has 1 aromatic carbocycles. The van der Waals surface area contributed by atoms with Crippen molar-refractivity contribution in [1.29, 1.82) is 0 Å². The van der Waals surface area contributed by atoms with Crippen LogP contribution >= 0.6 is 0 Å². The molecule has 0 bridgehead atoms. The molecule has 1 amide bonds. The molecule has 2 N–H and O–H groups in total. The zero-order valence-corrected chi connectivity index (χ0v) is 11.8. The second-order valence-corrected chi connectivity index (χ2v) is 5.04. The first-order chi connectivity index (χ1) is 9.63. The van der Waals surface area contributed by atoms with Gasteiger partial charge in [-0.2, -0.15) is 0 Å². The number of hydrogen-bond acceptors (Lipinski definition) is 3. The van der Waals surface area contributed by atoms with Gasteiger partial charge in [0.05, 0.1) is 18.8 Å². The van der Waals surface area contributed by atoms with E-state index in [9.17, 15) is 9.90 Å². The molecule has 20 heavy (non-hydrogen) atoms. The number of carbonyl (C=O) groups is 1. The first kappa shape index (κ1) is 14.6. The van der Waals surface area contributed by atoms with Crippen molar-refractivity contribution in [3.05, 3.63) is 42.0 Å². The van der Waals surface area contributed by atoms with Gasteiger partial charge in [-0.05, 0) is 50.5 Å². The van der Waals surface area contributed by atoms with Crippen molar-refractivity contribution in [3.8, 4) is 5.75 Å². The summed E-state index contributed by atoms with van der Waals surface area (Å²) in [5, 5.41) is 13.0. The van der Waals surface area contributed by atoms with E-state index >= 15 is 0 Å². The Balaban J connectivity index is 1.91. The van der Waals surface area contributed by atoms with E-state index in [-0.39, 0.29) is 12.5 Å². The maximum Gasteiger partial charge on any atom is 0.251 e. The Labute approximate surface area is 119 Å². The van der Waals surface area contributed by atoms with Gasteiger partial charge in [0.1, 0.15) is 5.75 Å². The molecule has 1 aliphatic rings. The summed E-state index contributed by atoms with van der Waals surface area (Å²) in [7, 11) is 0. The molecule has 1 aliphatic carbocycles. The number of carbonyl (C=O) groups excluding carboxylic acids is 1. The van der Waals surface area contributed by atoms with Gasteiger partial charge in [0.2, 0.25) is 0 Å². The van der Waals surface area contributed by atoms with Crippen molar-refractivity contribution >= 4 is 5.91 Å². The lowest BCUT2D eigenvalue weighted by Crippen LogP contribution is -2.42. The average Bonchev–Trinajstić information content (AvgIpc) is 2.47. The summed E-state index contributed by atoms with van der Waals surface area (Å²) in [6.45, 7) is 2.76. The highest BCUT2D eigenvalue weighted by molar-refractivity contribution is 5.94. The fraction of sp³-hybridized carbons (Fsp3) is 0.438. The highest BCUT2D eigenvalue weighted by atomic mass is 16.5. The molecule has 0 fully saturated rings. The number of allylic oxidation sites excluding steroid dienone is 1. The molecule has 1 aromatic rings. The van der Waals surface area contributed by atoms with Gasteiger partial charge in [-0.25, -0.2) is 0 Å². The number of aliphatic hydroxyl groups is 1. The topological polar surface area (TPSA) is 58.6 Å². The Hall–Kier alpha value is -1.81. The number of amides is 1. The summed E-state index contributed by atoms with van der Waals surface area (Å²) in [6.07, 6.45) is 6.38. The molecule has 1 atom stereocenters. The second kappa shape index (κ2) is 6.57. The third-order valence-electron chi connectivity index (χ3n) is 3.39. The van der Waals surface area contributed by atoms with Crippen LogP contribution in [0, 0.1) is 0 Å². The predicted octanol–water partition coefficient (Wildman–Crippen LogP) is 2.29. The van der Waals surface area contributed by atoms with Gasteiger partial charge in [-0.3, -0.25) is 4.79 Å². The monoisotopic (exact) mass is 275 g/mol. The predicted molar refractivity (Wildman–Crippen MR) is 77.9 cm³/mol. The summed E-state index contributed by atoms with van der Waals surface area (Å²) in [5.74, 6) is 0.568. The van der Waals surface area contributed by atoms with Gasteiger partial charge in [0.15, 0.2) is 0 Å². The van der Waals surface area contributed by atoms with Gasteiger partial charge >= 0.3 is 0 Å². The van der Waals surface area contributed by atoms with E-state index in [1.54, 1.807) is 30.3 Å². The molecular formula is C16H21NO3. The normalized spacial score (nSPS) is 21.5. The summed E-state index contributed by atoms with van der Waals surface area (Å²) in [5.41, 5.74) is -0.337. The van der Waals surface area contributed by atoms with Gasteiger partial charge < -0.3 is 15.2 Å².